The Morgan fingerprint density at radius 3 is 2.68 bits per heavy atom. The van der Waals surface area contributed by atoms with Gasteiger partial charge in [0.1, 0.15) is 6.04 Å². The fourth-order valence-electron chi connectivity index (χ4n) is 3.07. The number of aliphatic hydroxyl groups excluding tert-OH is 1. The average molecular weight is 314 g/mol. The van der Waals surface area contributed by atoms with Crippen LogP contribution in [-0.2, 0) is 9.59 Å². The maximum atomic E-state index is 11.7. The monoisotopic (exact) mass is 314 g/mol. The molecule has 0 aliphatic heterocycles. The molecule has 8 heteroatoms. The van der Waals surface area contributed by atoms with Crippen molar-refractivity contribution in [3.63, 3.8) is 0 Å². The zero-order valence-electron chi connectivity index (χ0n) is 13.1. The molecule has 1 saturated carbocycles. The Hall–Kier alpha value is -1.12. The number of aliphatic carboxylic acids is 1. The molecule has 0 radical (unpaired) electrons. The number of hydrogen-bond donors (Lipinski definition) is 5. The van der Waals surface area contributed by atoms with Crippen LogP contribution in [0.1, 0.15) is 38.5 Å². The molecule has 7 nitrogen and oxygen atoms in total. The molecular weight excluding hydrogens is 287 g/mol. The van der Waals surface area contributed by atoms with Crippen LogP contribution in [0.25, 0.3) is 0 Å². The fourth-order valence-corrected chi connectivity index (χ4v) is 3.07. The Balaban J connectivity index is 2.52. The Labute approximate surface area is 131 Å². The molecule has 0 unspecified atom stereocenters. The lowest BCUT2D eigenvalue weighted by Gasteiger charge is -2.25. The van der Waals surface area contributed by atoms with Gasteiger partial charge in [-0.15, -0.1) is 0 Å². The van der Waals surface area contributed by atoms with E-state index in [1.54, 1.807) is 6.82 Å². The third kappa shape index (κ3) is 5.26. The number of unbranched alkanes of at least 4 members (excludes halogenated alkanes) is 1. The third-order valence-electron chi connectivity index (χ3n) is 4.47. The van der Waals surface area contributed by atoms with Gasteiger partial charge in [0.15, 0.2) is 0 Å². The molecule has 1 fully saturated rings. The highest BCUT2D eigenvalue weighted by Crippen LogP contribution is 2.43. The van der Waals surface area contributed by atoms with Crippen LogP contribution < -0.4 is 11.1 Å². The maximum Gasteiger partial charge on any atom is 0.309 e. The van der Waals surface area contributed by atoms with Crippen molar-refractivity contribution in [2.24, 2.45) is 11.1 Å². The minimum absolute atomic E-state index is 0.210. The van der Waals surface area contributed by atoms with Crippen molar-refractivity contribution in [1.29, 1.82) is 0 Å². The Bertz CT molecular complexity index is 393. The van der Waals surface area contributed by atoms with E-state index < -0.39 is 29.9 Å². The van der Waals surface area contributed by atoms with Gasteiger partial charge in [-0.1, -0.05) is 19.7 Å². The van der Waals surface area contributed by atoms with Crippen LogP contribution >= 0.6 is 0 Å². The number of carbonyl (C=O) groups excluding carboxylic acids is 1. The van der Waals surface area contributed by atoms with E-state index >= 15 is 0 Å². The van der Waals surface area contributed by atoms with E-state index in [0.717, 1.165) is 12.8 Å². The number of nitrogens with one attached hydrogen (secondary N) is 1. The van der Waals surface area contributed by atoms with Crippen LogP contribution in [0.5, 0.6) is 0 Å². The van der Waals surface area contributed by atoms with Crippen molar-refractivity contribution < 1.29 is 24.8 Å². The number of hydrogen-bond acceptors (Lipinski definition) is 5. The summed E-state index contributed by atoms with van der Waals surface area (Å²) >= 11 is 0. The fraction of sp³-hybridized carbons (Fsp3) is 0.857. The van der Waals surface area contributed by atoms with Gasteiger partial charge in [-0.3, -0.25) is 9.59 Å². The zero-order chi connectivity index (χ0) is 16.8. The Morgan fingerprint density at radius 2 is 2.14 bits per heavy atom. The highest BCUT2D eigenvalue weighted by molar-refractivity contribution is 6.48. The van der Waals surface area contributed by atoms with Crippen LogP contribution in [0.15, 0.2) is 0 Å². The van der Waals surface area contributed by atoms with Gasteiger partial charge < -0.3 is 26.3 Å². The predicted octanol–water partition coefficient (Wildman–Crippen LogP) is -0.170. The van der Waals surface area contributed by atoms with Crippen LogP contribution in [0, 0.1) is 5.41 Å². The first-order valence-electron chi connectivity index (χ1n) is 7.89. The minimum Gasteiger partial charge on any atom is -0.481 e. The summed E-state index contributed by atoms with van der Waals surface area (Å²) in [5, 5.41) is 30.4. The van der Waals surface area contributed by atoms with Gasteiger partial charge in [0.2, 0.25) is 5.91 Å². The number of nitrogens with two attached hydrogens (primary N) is 1. The molecule has 0 aromatic rings. The van der Waals surface area contributed by atoms with E-state index in [1.807, 2.05) is 0 Å². The maximum absolute atomic E-state index is 11.7. The molecule has 0 heterocycles. The third-order valence-corrected chi connectivity index (χ3v) is 4.47. The normalized spacial score (nSPS) is 25.7. The molecule has 0 aromatic carbocycles. The number of amides is 1. The van der Waals surface area contributed by atoms with E-state index in [4.69, 9.17) is 10.8 Å². The molecule has 22 heavy (non-hydrogen) atoms. The zero-order valence-corrected chi connectivity index (χ0v) is 13.1. The molecule has 1 aliphatic carbocycles. The van der Waals surface area contributed by atoms with Crippen LogP contribution in [0.3, 0.4) is 0 Å². The molecule has 0 spiro atoms. The average Bonchev–Trinajstić information content (AvgIpc) is 2.87. The second-order valence-electron chi connectivity index (χ2n) is 6.42. The standard InChI is InChI=1S/C14H27BN2O5/c1-15(22)7-3-2-5-14(13(20)21)6-4-10(8-14)17-12(19)11(16)9-18/h10-11,18,22H,2-9,16H2,1H3,(H,17,19)(H,20,21)/t10-,11-,14+/m0/s1. The van der Waals surface area contributed by atoms with E-state index in [9.17, 15) is 19.7 Å². The van der Waals surface area contributed by atoms with E-state index in [2.05, 4.69) is 5.32 Å². The summed E-state index contributed by atoms with van der Waals surface area (Å²) < 4.78 is 0. The second kappa shape index (κ2) is 8.50. The molecule has 0 saturated heterocycles. The van der Waals surface area contributed by atoms with Gasteiger partial charge >= 0.3 is 5.97 Å². The largest absolute Gasteiger partial charge is 0.481 e. The highest BCUT2D eigenvalue weighted by atomic mass is 16.4. The lowest BCUT2D eigenvalue weighted by atomic mass is 9.66. The lowest BCUT2D eigenvalue weighted by molar-refractivity contribution is -0.149. The lowest BCUT2D eigenvalue weighted by Crippen LogP contribution is -2.47. The molecule has 1 aliphatic rings. The molecule has 0 bridgehead atoms. The summed E-state index contributed by atoms with van der Waals surface area (Å²) in [6.07, 6.45) is 4.27. The molecule has 3 atom stereocenters. The molecular formula is C14H27BN2O5. The molecule has 6 N–H and O–H groups in total. The van der Waals surface area contributed by atoms with Crippen molar-refractivity contribution in [3.8, 4) is 0 Å². The summed E-state index contributed by atoms with van der Waals surface area (Å²) in [6.45, 7) is 0.928. The van der Waals surface area contributed by atoms with Crippen LogP contribution in [0.4, 0.5) is 0 Å². The minimum atomic E-state index is -0.967. The van der Waals surface area contributed by atoms with Crippen molar-refractivity contribution in [2.45, 2.75) is 63.8 Å². The van der Waals surface area contributed by atoms with Crippen LogP contribution in [0.2, 0.25) is 13.1 Å². The number of carboxylic acid groups (broad SMARTS) is 1. The Kier molecular flexibility index (Phi) is 7.31. The Morgan fingerprint density at radius 1 is 1.45 bits per heavy atom. The van der Waals surface area contributed by atoms with E-state index in [-0.39, 0.29) is 13.0 Å². The molecule has 1 amide bonds. The number of aliphatic hydroxyl groups is 1. The van der Waals surface area contributed by atoms with Crippen molar-refractivity contribution in [2.75, 3.05) is 6.61 Å². The van der Waals surface area contributed by atoms with E-state index in [0.29, 0.717) is 32.0 Å². The number of rotatable bonds is 9. The SMILES string of the molecule is CB(O)CCCC[C@@]1(C(=O)O)CC[C@H](NC(=O)[C@@H](N)CO)C1. The van der Waals surface area contributed by atoms with Gasteiger partial charge in [-0.25, -0.2) is 0 Å². The van der Waals surface area contributed by atoms with Gasteiger partial charge in [0.05, 0.1) is 12.0 Å². The highest BCUT2D eigenvalue weighted by Gasteiger charge is 2.45. The summed E-state index contributed by atoms with van der Waals surface area (Å²) in [7, 11) is 0. The second-order valence-corrected chi connectivity index (χ2v) is 6.42. The quantitative estimate of drug-likeness (QED) is 0.296. The topological polar surface area (TPSA) is 133 Å². The van der Waals surface area contributed by atoms with Gasteiger partial charge in [0, 0.05) is 6.04 Å². The van der Waals surface area contributed by atoms with E-state index in [1.165, 1.54) is 0 Å². The van der Waals surface area contributed by atoms with Crippen LogP contribution in [-0.4, -0.2) is 52.7 Å². The first kappa shape index (κ1) is 18.9. The molecule has 0 aromatic heterocycles. The smallest absolute Gasteiger partial charge is 0.309 e. The van der Waals surface area contributed by atoms with Gasteiger partial charge in [0.25, 0.3) is 6.92 Å². The summed E-state index contributed by atoms with van der Waals surface area (Å²) in [5.41, 5.74) is 4.64. The predicted molar refractivity (Wildman–Crippen MR) is 83.4 cm³/mol. The first-order valence-corrected chi connectivity index (χ1v) is 7.89. The van der Waals surface area contributed by atoms with Crippen molar-refractivity contribution >= 4 is 18.8 Å². The molecule has 126 valence electrons. The number of carboxylic acids is 1. The summed E-state index contributed by atoms with van der Waals surface area (Å²) in [5.74, 6) is -1.27. The molecule has 1 rings (SSSR count). The van der Waals surface area contributed by atoms with Gasteiger partial charge in [-0.05, 0) is 32.0 Å². The number of carbonyl (C=O) groups is 2. The summed E-state index contributed by atoms with van der Waals surface area (Å²) in [6, 6.07) is -1.18. The van der Waals surface area contributed by atoms with Crippen molar-refractivity contribution in [3.05, 3.63) is 0 Å². The van der Waals surface area contributed by atoms with Gasteiger partial charge in [-0.2, -0.15) is 0 Å². The summed E-state index contributed by atoms with van der Waals surface area (Å²) in [4.78, 5) is 23.3. The first-order chi connectivity index (χ1) is 10.3. The van der Waals surface area contributed by atoms with Crippen molar-refractivity contribution in [1.82, 2.24) is 5.32 Å².